The number of rotatable bonds is 6. The van der Waals surface area contributed by atoms with Crippen molar-refractivity contribution in [3.8, 4) is 0 Å². The average Bonchev–Trinajstić information content (AvgIpc) is 3.61. The molecule has 3 aliphatic rings. The minimum Gasteiger partial charge on any atom is -0.373 e. The van der Waals surface area contributed by atoms with Crippen molar-refractivity contribution in [2.45, 2.75) is 45.0 Å². The van der Waals surface area contributed by atoms with E-state index in [1.54, 1.807) is 0 Å². The molecule has 3 heterocycles. The summed E-state index contributed by atoms with van der Waals surface area (Å²) in [6.07, 6.45) is 4.80. The smallest absolute Gasteiger partial charge is 0.0850 e. The second kappa shape index (κ2) is 12.4. The van der Waals surface area contributed by atoms with E-state index in [2.05, 4.69) is 72.8 Å². The van der Waals surface area contributed by atoms with Gasteiger partial charge < -0.3 is 14.2 Å². The van der Waals surface area contributed by atoms with Crippen LogP contribution >= 0.6 is 0 Å². The lowest BCUT2D eigenvalue weighted by Gasteiger charge is -1.93. The molecular formula is C28H34O3. The predicted octanol–water partition coefficient (Wildman–Crippen LogP) is 5.52. The molecule has 0 amide bonds. The van der Waals surface area contributed by atoms with E-state index in [0.29, 0.717) is 18.3 Å². The molecule has 3 saturated heterocycles. The zero-order valence-electron chi connectivity index (χ0n) is 17.4. The second-order valence-electron chi connectivity index (χ2n) is 7.94. The summed E-state index contributed by atoms with van der Waals surface area (Å²) in [7, 11) is 0. The van der Waals surface area contributed by atoms with Crippen LogP contribution in [-0.4, -0.2) is 38.1 Å². The van der Waals surface area contributed by atoms with E-state index in [-0.39, 0.29) is 7.43 Å². The first-order valence-corrected chi connectivity index (χ1v) is 10.8. The minimum absolute atomic E-state index is 0. The van der Waals surface area contributed by atoms with Crippen LogP contribution in [0.2, 0.25) is 0 Å². The second-order valence-corrected chi connectivity index (χ2v) is 7.94. The van der Waals surface area contributed by atoms with Gasteiger partial charge in [-0.3, -0.25) is 0 Å². The molecule has 3 unspecified atom stereocenters. The maximum absolute atomic E-state index is 5.11. The molecule has 3 atom stereocenters. The van der Waals surface area contributed by atoms with Crippen molar-refractivity contribution in [1.29, 1.82) is 0 Å². The van der Waals surface area contributed by atoms with E-state index in [1.807, 2.05) is 18.2 Å². The number of benzene rings is 3. The Kier molecular flexibility index (Phi) is 9.29. The number of epoxide rings is 3. The Morgan fingerprint density at radius 2 is 0.677 bits per heavy atom. The summed E-state index contributed by atoms with van der Waals surface area (Å²) >= 11 is 0. The Hall–Kier alpha value is -2.46. The van der Waals surface area contributed by atoms with Gasteiger partial charge in [-0.15, -0.1) is 0 Å². The molecule has 0 aromatic heterocycles. The molecule has 3 heteroatoms. The van der Waals surface area contributed by atoms with E-state index in [9.17, 15) is 0 Å². The Balaban J connectivity index is 0.000000130. The normalized spacial score (nSPS) is 21.9. The van der Waals surface area contributed by atoms with E-state index in [1.165, 1.54) is 16.7 Å². The van der Waals surface area contributed by atoms with Gasteiger partial charge in [-0.25, -0.2) is 0 Å². The van der Waals surface area contributed by atoms with Crippen molar-refractivity contribution in [2.24, 2.45) is 0 Å². The lowest BCUT2D eigenvalue weighted by Crippen LogP contribution is -1.90. The van der Waals surface area contributed by atoms with Crippen molar-refractivity contribution in [1.82, 2.24) is 0 Å². The fourth-order valence-electron chi connectivity index (χ4n) is 3.19. The Morgan fingerprint density at radius 3 is 0.871 bits per heavy atom. The quantitative estimate of drug-likeness (QED) is 0.495. The fourth-order valence-corrected chi connectivity index (χ4v) is 3.19. The van der Waals surface area contributed by atoms with Gasteiger partial charge in [0.25, 0.3) is 0 Å². The molecule has 3 aliphatic heterocycles. The predicted molar refractivity (Wildman–Crippen MR) is 126 cm³/mol. The molecule has 0 saturated carbocycles. The van der Waals surface area contributed by atoms with Crippen LogP contribution in [0.25, 0.3) is 0 Å². The largest absolute Gasteiger partial charge is 0.373 e. The van der Waals surface area contributed by atoms with Crippen LogP contribution in [0, 0.1) is 0 Å². The van der Waals surface area contributed by atoms with Gasteiger partial charge in [-0.05, 0) is 16.7 Å². The number of hydrogen-bond acceptors (Lipinski definition) is 3. The lowest BCUT2D eigenvalue weighted by molar-refractivity contribution is 0.407. The van der Waals surface area contributed by atoms with Crippen LogP contribution in [0.3, 0.4) is 0 Å². The zero-order chi connectivity index (χ0) is 20.4. The first kappa shape index (κ1) is 23.2. The van der Waals surface area contributed by atoms with Crippen LogP contribution in [0.15, 0.2) is 91.0 Å². The summed E-state index contributed by atoms with van der Waals surface area (Å²) in [5.74, 6) is 0. The maximum atomic E-state index is 5.11. The molecule has 0 bridgehead atoms. The highest BCUT2D eigenvalue weighted by Crippen LogP contribution is 2.16. The highest BCUT2D eigenvalue weighted by molar-refractivity contribution is 5.17. The summed E-state index contributed by atoms with van der Waals surface area (Å²) < 4.78 is 15.3. The lowest BCUT2D eigenvalue weighted by atomic mass is 10.1. The SMILES string of the molecule is C.c1ccc(CC2CO2)cc1.c1ccc(CC2CO2)cc1.c1ccc(CC2CO2)cc1. The number of ether oxygens (including phenoxy) is 3. The topological polar surface area (TPSA) is 37.6 Å². The van der Waals surface area contributed by atoms with Crippen LogP contribution in [-0.2, 0) is 33.5 Å². The molecule has 31 heavy (non-hydrogen) atoms. The average molecular weight is 419 g/mol. The van der Waals surface area contributed by atoms with Gasteiger partial charge in [0, 0.05) is 19.3 Å². The van der Waals surface area contributed by atoms with Crippen molar-refractivity contribution in [3.05, 3.63) is 108 Å². The molecular weight excluding hydrogens is 384 g/mol. The van der Waals surface area contributed by atoms with Gasteiger partial charge in [0.15, 0.2) is 0 Å². The monoisotopic (exact) mass is 418 g/mol. The third-order valence-corrected chi connectivity index (χ3v) is 5.13. The van der Waals surface area contributed by atoms with E-state index in [0.717, 1.165) is 39.1 Å². The first-order valence-electron chi connectivity index (χ1n) is 10.8. The van der Waals surface area contributed by atoms with Crippen molar-refractivity contribution in [3.63, 3.8) is 0 Å². The zero-order valence-corrected chi connectivity index (χ0v) is 17.4. The number of hydrogen-bond donors (Lipinski definition) is 0. The van der Waals surface area contributed by atoms with Crippen LogP contribution in [0.5, 0.6) is 0 Å². The highest BCUT2D eigenvalue weighted by Gasteiger charge is 2.23. The van der Waals surface area contributed by atoms with Crippen molar-refractivity contribution >= 4 is 0 Å². The fraction of sp³-hybridized carbons (Fsp3) is 0.357. The van der Waals surface area contributed by atoms with Gasteiger partial charge in [0.05, 0.1) is 38.1 Å². The molecule has 3 aromatic rings. The van der Waals surface area contributed by atoms with Crippen molar-refractivity contribution < 1.29 is 14.2 Å². The van der Waals surface area contributed by atoms with Gasteiger partial charge >= 0.3 is 0 Å². The van der Waals surface area contributed by atoms with Gasteiger partial charge in [0.1, 0.15) is 0 Å². The third-order valence-electron chi connectivity index (χ3n) is 5.13. The van der Waals surface area contributed by atoms with E-state index < -0.39 is 0 Å². The summed E-state index contributed by atoms with van der Waals surface area (Å²) in [5.41, 5.74) is 4.14. The summed E-state index contributed by atoms with van der Waals surface area (Å²) in [5, 5.41) is 0. The molecule has 164 valence electrons. The maximum Gasteiger partial charge on any atom is 0.0850 e. The highest BCUT2D eigenvalue weighted by atomic mass is 16.6. The van der Waals surface area contributed by atoms with Crippen LogP contribution in [0.1, 0.15) is 24.1 Å². The Morgan fingerprint density at radius 1 is 0.452 bits per heavy atom. The molecule has 0 spiro atoms. The molecule has 0 aliphatic carbocycles. The Labute approximate surface area is 187 Å². The summed E-state index contributed by atoms with van der Waals surface area (Å²) in [6.45, 7) is 2.86. The molecule has 0 N–H and O–H groups in total. The summed E-state index contributed by atoms with van der Waals surface area (Å²) in [4.78, 5) is 0. The van der Waals surface area contributed by atoms with Gasteiger partial charge in [0.2, 0.25) is 0 Å². The van der Waals surface area contributed by atoms with Crippen molar-refractivity contribution in [2.75, 3.05) is 19.8 Å². The van der Waals surface area contributed by atoms with Gasteiger partial charge in [-0.2, -0.15) is 0 Å². The standard InChI is InChI=1S/3C9H10O.CH4/c3*1-2-4-8(5-3-1)6-9-7-10-9;/h3*1-5,9H,6-7H2;1H4. The molecule has 3 nitrogen and oxygen atoms in total. The third kappa shape index (κ3) is 9.93. The molecule has 3 aromatic carbocycles. The summed E-state index contributed by atoms with van der Waals surface area (Å²) in [6, 6.07) is 31.4. The van der Waals surface area contributed by atoms with Gasteiger partial charge in [-0.1, -0.05) is 98.4 Å². The Bertz CT molecular complexity index is 722. The first-order chi connectivity index (χ1) is 14.8. The minimum atomic E-state index is 0. The van der Waals surface area contributed by atoms with Crippen LogP contribution in [0.4, 0.5) is 0 Å². The molecule has 3 fully saturated rings. The molecule has 6 rings (SSSR count). The van der Waals surface area contributed by atoms with E-state index >= 15 is 0 Å². The van der Waals surface area contributed by atoms with Crippen LogP contribution < -0.4 is 0 Å². The molecule has 0 radical (unpaired) electrons. The van der Waals surface area contributed by atoms with E-state index in [4.69, 9.17) is 14.2 Å².